The van der Waals surface area contributed by atoms with Crippen molar-refractivity contribution < 1.29 is 17.9 Å². The summed E-state index contributed by atoms with van der Waals surface area (Å²) in [5.41, 5.74) is 2.21. The van der Waals surface area contributed by atoms with Gasteiger partial charge in [0, 0.05) is 38.4 Å². The fourth-order valence-electron chi connectivity index (χ4n) is 3.15. The summed E-state index contributed by atoms with van der Waals surface area (Å²) in [6, 6.07) is 17.4. The number of hydrogen-bond donors (Lipinski definition) is 1. The van der Waals surface area contributed by atoms with Gasteiger partial charge in [0.15, 0.2) is 6.61 Å². The lowest BCUT2D eigenvalue weighted by Gasteiger charge is -2.35. The molecule has 0 atom stereocenters. The lowest BCUT2D eigenvalue weighted by Crippen LogP contribution is -2.50. The third-order valence-electron chi connectivity index (χ3n) is 4.83. The summed E-state index contributed by atoms with van der Waals surface area (Å²) in [6.45, 7) is 4.10. The van der Waals surface area contributed by atoms with Crippen LogP contribution < -0.4 is 15.0 Å². The maximum absolute atomic E-state index is 12.5. The third kappa shape index (κ3) is 6.20. The first-order valence-corrected chi connectivity index (χ1v) is 11.3. The van der Waals surface area contributed by atoms with Crippen molar-refractivity contribution >= 4 is 21.6 Å². The highest BCUT2D eigenvalue weighted by molar-refractivity contribution is 7.89. The van der Waals surface area contributed by atoms with Crippen molar-refractivity contribution in [3.8, 4) is 5.75 Å². The number of carbonyl (C=O) groups is 1. The maximum Gasteiger partial charge on any atom is 0.257 e. The van der Waals surface area contributed by atoms with E-state index in [0.29, 0.717) is 31.9 Å². The number of amides is 1. The van der Waals surface area contributed by atoms with Gasteiger partial charge in [-0.2, -0.15) is 4.31 Å². The Morgan fingerprint density at radius 3 is 2.31 bits per heavy atom. The molecule has 1 fully saturated rings. The fourth-order valence-corrected chi connectivity index (χ4v) is 4.48. The molecular formula is C21H27N3O4S. The zero-order chi connectivity index (χ0) is 20.7. The molecule has 0 unspecified atom stereocenters. The van der Waals surface area contributed by atoms with Crippen LogP contribution in [0.4, 0.5) is 5.69 Å². The first-order valence-electron chi connectivity index (χ1n) is 9.68. The van der Waals surface area contributed by atoms with Gasteiger partial charge in [0.2, 0.25) is 10.0 Å². The Bertz CT molecular complexity index is 893. The molecule has 1 amide bonds. The summed E-state index contributed by atoms with van der Waals surface area (Å²) >= 11 is 0. The van der Waals surface area contributed by atoms with E-state index >= 15 is 0 Å². The molecule has 7 nitrogen and oxygen atoms in total. The van der Waals surface area contributed by atoms with Gasteiger partial charge in [-0.05, 0) is 31.2 Å². The van der Waals surface area contributed by atoms with Crippen LogP contribution >= 0.6 is 0 Å². The van der Waals surface area contributed by atoms with E-state index in [4.69, 9.17) is 4.74 Å². The van der Waals surface area contributed by atoms with Gasteiger partial charge >= 0.3 is 0 Å². The smallest absolute Gasteiger partial charge is 0.257 e. The second-order valence-corrected chi connectivity index (χ2v) is 9.08. The molecule has 0 radical (unpaired) electrons. The SMILES string of the molecule is Cc1ccc(OCC(=O)NCCS(=O)(=O)N2CCN(c3ccccc3)CC2)cc1. The molecule has 1 heterocycles. The average Bonchev–Trinajstić information content (AvgIpc) is 2.74. The van der Waals surface area contributed by atoms with Crippen LogP contribution in [-0.4, -0.2) is 63.7 Å². The number of rotatable bonds is 8. The summed E-state index contributed by atoms with van der Waals surface area (Å²) in [6.07, 6.45) is 0. The second-order valence-electron chi connectivity index (χ2n) is 6.99. The number of aryl methyl sites for hydroxylation is 1. The van der Waals surface area contributed by atoms with Crippen LogP contribution in [0.2, 0.25) is 0 Å². The number of nitrogens with zero attached hydrogens (tertiary/aromatic N) is 2. The highest BCUT2D eigenvalue weighted by Gasteiger charge is 2.26. The Labute approximate surface area is 172 Å². The lowest BCUT2D eigenvalue weighted by atomic mass is 10.2. The first kappa shape index (κ1) is 21.1. The molecule has 0 aromatic heterocycles. The molecule has 1 saturated heterocycles. The zero-order valence-corrected chi connectivity index (χ0v) is 17.4. The van der Waals surface area contributed by atoms with E-state index in [-0.39, 0.29) is 24.8 Å². The van der Waals surface area contributed by atoms with Crippen LogP contribution in [0.1, 0.15) is 5.56 Å². The van der Waals surface area contributed by atoms with Crippen LogP contribution in [0, 0.1) is 6.92 Å². The molecule has 0 aliphatic carbocycles. The molecule has 0 bridgehead atoms. The molecule has 0 spiro atoms. The lowest BCUT2D eigenvalue weighted by molar-refractivity contribution is -0.122. The Morgan fingerprint density at radius 1 is 1.00 bits per heavy atom. The average molecular weight is 418 g/mol. The number of nitrogens with one attached hydrogen (secondary N) is 1. The van der Waals surface area contributed by atoms with Crippen LogP contribution in [-0.2, 0) is 14.8 Å². The number of carbonyl (C=O) groups excluding carboxylic acids is 1. The van der Waals surface area contributed by atoms with Gasteiger partial charge in [-0.25, -0.2) is 8.42 Å². The third-order valence-corrected chi connectivity index (χ3v) is 6.70. The monoisotopic (exact) mass is 417 g/mol. The van der Waals surface area contributed by atoms with Crippen molar-refractivity contribution in [2.75, 3.05) is 50.0 Å². The van der Waals surface area contributed by atoms with Crippen LogP contribution in [0.25, 0.3) is 0 Å². The van der Waals surface area contributed by atoms with Crippen LogP contribution in [0.15, 0.2) is 54.6 Å². The minimum Gasteiger partial charge on any atom is -0.484 e. The maximum atomic E-state index is 12.5. The highest BCUT2D eigenvalue weighted by Crippen LogP contribution is 2.17. The van der Waals surface area contributed by atoms with Gasteiger partial charge in [-0.1, -0.05) is 35.9 Å². The number of piperazine rings is 1. The molecule has 2 aromatic carbocycles. The van der Waals surface area contributed by atoms with E-state index in [1.165, 1.54) is 4.31 Å². The van der Waals surface area contributed by atoms with Gasteiger partial charge in [-0.15, -0.1) is 0 Å². The Balaban J connectivity index is 1.38. The van der Waals surface area contributed by atoms with Crippen molar-refractivity contribution in [3.63, 3.8) is 0 Å². The normalized spacial score (nSPS) is 15.1. The van der Waals surface area contributed by atoms with E-state index in [1.54, 1.807) is 12.1 Å². The minimum atomic E-state index is -3.41. The predicted octanol–water partition coefficient (Wildman–Crippen LogP) is 1.64. The van der Waals surface area contributed by atoms with Crippen molar-refractivity contribution in [1.82, 2.24) is 9.62 Å². The Morgan fingerprint density at radius 2 is 1.66 bits per heavy atom. The quantitative estimate of drug-likeness (QED) is 0.707. The van der Waals surface area contributed by atoms with Gasteiger partial charge in [0.05, 0.1) is 5.75 Å². The van der Waals surface area contributed by atoms with E-state index in [1.807, 2.05) is 49.4 Å². The van der Waals surface area contributed by atoms with Crippen molar-refractivity contribution in [3.05, 3.63) is 60.2 Å². The summed E-state index contributed by atoms with van der Waals surface area (Å²) in [4.78, 5) is 14.1. The number of sulfonamides is 1. The van der Waals surface area contributed by atoms with E-state index in [0.717, 1.165) is 11.3 Å². The van der Waals surface area contributed by atoms with Gasteiger partial charge in [-0.3, -0.25) is 4.79 Å². The number of benzene rings is 2. The topological polar surface area (TPSA) is 78.9 Å². The second kappa shape index (κ2) is 9.76. The number of para-hydroxylation sites is 1. The van der Waals surface area contributed by atoms with Gasteiger partial charge < -0.3 is 15.0 Å². The molecule has 1 aliphatic heterocycles. The number of anilines is 1. The standard InChI is InChI=1S/C21H27N3O4S/c1-18-7-9-20(10-8-18)28-17-21(25)22-11-16-29(26,27)24-14-12-23(13-15-24)19-5-3-2-4-6-19/h2-10H,11-17H2,1H3,(H,22,25). The predicted molar refractivity (Wildman–Crippen MR) is 114 cm³/mol. The van der Waals surface area contributed by atoms with Crippen molar-refractivity contribution in [2.45, 2.75) is 6.92 Å². The molecule has 1 aliphatic rings. The molecule has 8 heteroatoms. The molecule has 1 N–H and O–H groups in total. The molecule has 156 valence electrons. The number of ether oxygens (including phenoxy) is 1. The van der Waals surface area contributed by atoms with Crippen LogP contribution in [0.3, 0.4) is 0 Å². The van der Waals surface area contributed by atoms with Crippen molar-refractivity contribution in [2.24, 2.45) is 0 Å². The van der Waals surface area contributed by atoms with E-state index < -0.39 is 10.0 Å². The summed E-state index contributed by atoms with van der Waals surface area (Å²) in [7, 11) is -3.41. The van der Waals surface area contributed by atoms with Gasteiger partial charge in [0.25, 0.3) is 5.91 Å². The molecular weight excluding hydrogens is 390 g/mol. The Hall–Kier alpha value is -2.58. The summed E-state index contributed by atoms with van der Waals surface area (Å²) in [5, 5.41) is 2.61. The van der Waals surface area contributed by atoms with E-state index in [9.17, 15) is 13.2 Å². The first-order chi connectivity index (χ1) is 13.9. The molecule has 0 saturated carbocycles. The number of hydrogen-bond acceptors (Lipinski definition) is 5. The van der Waals surface area contributed by atoms with Crippen molar-refractivity contribution in [1.29, 1.82) is 0 Å². The van der Waals surface area contributed by atoms with E-state index in [2.05, 4.69) is 10.2 Å². The summed E-state index contributed by atoms with van der Waals surface area (Å²) < 4.78 is 32.0. The largest absolute Gasteiger partial charge is 0.484 e. The molecule has 2 aromatic rings. The fraction of sp³-hybridized carbons (Fsp3) is 0.381. The molecule has 29 heavy (non-hydrogen) atoms. The zero-order valence-electron chi connectivity index (χ0n) is 16.6. The minimum absolute atomic E-state index is 0.0668. The highest BCUT2D eigenvalue weighted by atomic mass is 32.2. The Kier molecular flexibility index (Phi) is 7.11. The van der Waals surface area contributed by atoms with Gasteiger partial charge in [0.1, 0.15) is 5.75 Å². The van der Waals surface area contributed by atoms with Crippen LogP contribution in [0.5, 0.6) is 5.75 Å². The molecule has 3 rings (SSSR count). The summed E-state index contributed by atoms with van der Waals surface area (Å²) in [5.74, 6) is 0.151.